The van der Waals surface area contributed by atoms with Crippen LogP contribution in [0, 0.1) is 19.7 Å². The van der Waals surface area contributed by atoms with Crippen molar-refractivity contribution in [2.75, 3.05) is 45.1 Å². The van der Waals surface area contributed by atoms with Gasteiger partial charge in [-0.1, -0.05) is 12.1 Å². The Hall–Kier alpha value is -3.03. The monoisotopic (exact) mass is 435 g/mol. The summed E-state index contributed by atoms with van der Waals surface area (Å²) in [6, 6.07) is 14.2. The molecule has 3 aromatic rings. The second-order valence-corrected chi connectivity index (χ2v) is 8.55. The third-order valence-corrected chi connectivity index (χ3v) is 5.97. The first-order valence-corrected chi connectivity index (χ1v) is 11.0. The molecule has 6 nitrogen and oxygen atoms in total. The number of benzene rings is 2. The molecule has 4 rings (SSSR count). The largest absolute Gasteiger partial charge is 0.322 e. The molecule has 1 N–H and O–H groups in total. The molecule has 7 heteroatoms. The van der Waals surface area contributed by atoms with E-state index >= 15 is 0 Å². The Morgan fingerprint density at radius 1 is 1.03 bits per heavy atom. The van der Waals surface area contributed by atoms with Crippen LogP contribution in [0.25, 0.3) is 5.69 Å². The van der Waals surface area contributed by atoms with Crippen LogP contribution in [0.2, 0.25) is 0 Å². The number of carbonyl (C=O) groups excluding carboxylic acids is 1. The van der Waals surface area contributed by atoms with Crippen molar-refractivity contribution in [3.63, 3.8) is 0 Å². The van der Waals surface area contributed by atoms with E-state index in [2.05, 4.69) is 27.3 Å². The summed E-state index contributed by atoms with van der Waals surface area (Å²) in [5, 5.41) is 7.16. The Morgan fingerprint density at radius 2 is 1.75 bits per heavy atom. The summed E-state index contributed by atoms with van der Waals surface area (Å²) in [4.78, 5) is 17.5. The Morgan fingerprint density at radius 3 is 2.38 bits per heavy atom. The van der Waals surface area contributed by atoms with Crippen LogP contribution in [0.5, 0.6) is 0 Å². The third kappa shape index (κ3) is 5.23. The summed E-state index contributed by atoms with van der Waals surface area (Å²) in [7, 11) is 2.16. The number of carbonyl (C=O) groups is 1. The van der Waals surface area contributed by atoms with Gasteiger partial charge < -0.3 is 15.1 Å². The van der Waals surface area contributed by atoms with Gasteiger partial charge in [-0.3, -0.25) is 4.79 Å². The number of aryl methyl sites for hydroxylation is 2. The Bertz CT molecular complexity index is 1080. The fraction of sp³-hybridized carbons (Fsp3) is 0.360. The average molecular weight is 436 g/mol. The molecule has 1 saturated heterocycles. The van der Waals surface area contributed by atoms with Gasteiger partial charge in [0.2, 0.25) is 0 Å². The minimum Gasteiger partial charge on any atom is -0.322 e. The highest BCUT2D eigenvalue weighted by molar-refractivity contribution is 6.04. The molecule has 1 aliphatic heterocycles. The molecule has 0 unspecified atom stereocenters. The lowest BCUT2D eigenvalue weighted by Gasteiger charge is -2.32. The van der Waals surface area contributed by atoms with Gasteiger partial charge in [0.25, 0.3) is 5.91 Å². The normalized spacial score (nSPS) is 15.1. The van der Waals surface area contributed by atoms with Crippen molar-refractivity contribution >= 4 is 11.6 Å². The summed E-state index contributed by atoms with van der Waals surface area (Å²) in [5.74, 6) is -0.822. The van der Waals surface area contributed by atoms with Crippen LogP contribution in [0.15, 0.2) is 48.5 Å². The molecule has 0 radical (unpaired) electrons. The number of hydrogen-bond acceptors (Lipinski definition) is 4. The molecule has 2 aromatic carbocycles. The number of piperazine rings is 1. The van der Waals surface area contributed by atoms with Crippen LogP contribution < -0.4 is 5.32 Å². The van der Waals surface area contributed by atoms with Gasteiger partial charge in [0.05, 0.1) is 5.69 Å². The summed E-state index contributed by atoms with van der Waals surface area (Å²) >= 11 is 0. The first kappa shape index (κ1) is 22.2. The number of likely N-dealkylation sites (N-methyl/N-ethyl adjacent to an activating group) is 1. The fourth-order valence-corrected chi connectivity index (χ4v) is 4.01. The Balaban J connectivity index is 1.35. The smallest absolute Gasteiger partial charge is 0.255 e. The molecule has 0 bridgehead atoms. The van der Waals surface area contributed by atoms with Crippen molar-refractivity contribution in [3.05, 3.63) is 76.9 Å². The van der Waals surface area contributed by atoms with E-state index in [1.54, 1.807) is 16.8 Å². The highest BCUT2D eigenvalue weighted by atomic mass is 19.1. The van der Waals surface area contributed by atoms with Crippen LogP contribution in [0.3, 0.4) is 0 Å². The van der Waals surface area contributed by atoms with Crippen molar-refractivity contribution in [2.45, 2.75) is 20.3 Å². The quantitative estimate of drug-likeness (QED) is 0.642. The number of hydrogen-bond donors (Lipinski definition) is 1. The van der Waals surface area contributed by atoms with Crippen LogP contribution in [-0.2, 0) is 6.42 Å². The zero-order chi connectivity index (χ0) is 22.7. The van der Waals surface area contributed by atoms with Crippen molar-refractivity contribution in [3.8, 4) is 5.69 Å². The maximum atomic E-state index is 14.7. The predicted octanol–water partition coefficient (Wildman–Crippen LogP) is 3.67. The van der Waals surface area contributed by atoms with E-state index < -0.39 is 5.82 Å². The summed E-state index contributed by atoms with van der Waals surface area (Å²) in [5.41, 5.74) is 4.19. The summed E-state index contributed by atoms with van der Waals surface area (Å²) in [6.07, 6.45) is 0.983. The van der Waals surface area contributed by atoms with Gasteiger partial charge in [0.15, 0.2) is 0 Å². The highest BCUT2D eigenvalue weighted by Gasteiger charge is 2.15. The standard InChI is InChI=1S/C25H30FN5O/c1-18-16-19(2)31(28-18)24-9-6-21(17-23(24)26)25(32)27-22-7-4-20(5-8-22)10-11-30-14-12-29(3)13-15-30/h4-9,16-17H,10-15H2,1-3H3,(H,27,32). The molecule has 1 fully saturated rings. The molecule has 1 aromatic heterocycles. The lowest BCUT2D eigenvalue weighted by Crippen LogP contribution is -2.45. The van der Waals surface area contributed by atoms with Gasteiger partial charge in [-0.05, 0) is 69.3 Å². The first-order chi connectivity index (χ1) is 15.4. The Labute approximate surface area is 188 Å². The maximum Gasteiger partial charge on any atom is 0.255 e. The van der Waals surface area contributed by atoms with Crippen LogP contribution in [0.1, 0.15) is 27.3 Å². The number of halogens is 1. The summed E-state index contributed by atoms with van der Waals surface area (Å²) in [6.45, 7) is 9.23. The fourth-order valence-electron chi connectivity index (χ4n) is 4.01. The zero-order valence-corrected chi connectivity index (χ0v) is 18.9. The van der Waals surface area contributed by atoms with Gasteiger partial charge in [-0.15, -0.1) is 0 Å². The van der Waals surface area contributed by atoms with Gasteiger partial charge in [-0.2, -0.15) is 5.10 Å². The average Bonchev–Trinajstić information content (AvgIpc) is 3.11. The molecule has 2 heterocycles. The highest BCUT2D eigenvalue weighted by Crippen LogP contribution is 2.19. The minimum atomic E-state index is -0.483. The van der Waals surface area contributed by atoms with Crippen LogP contribution in [-0.4, -0.2) is 65.3 Å². The molecular weight excluding hydrogens is 405 g/mol. The van der Waals surface area contributed by atoms with E-state index in [9.17, 15) is 9.18 Å². The van der Waals surface area contributed by atoms with E-state index in [0.717, 1.165) is 50.5 Å². The second-order valence-electron chi connectivity index (χ2n) is 8.55. The van der Waals surface area contributed by atoms with Crippen LogP contribution >= 0.6 is 0 Å². The molecule has 32 heavy (non-hydrogen) atoms. The number of aromatic nitrogens is 2. The molecule has 1 aliphatic rings. The van der Waals surface area contributed by atoms with E-state index in [1.165, 1.54) is 11.6 Å². The zero-order valence-electron chi connectivity index (χ0n) is 18.9. The number of nitrogens with one attached hydrogen (secondary N) is 1. The number of nitrogens with zero attached hydrogens (tertiary/aromatic N) is 4. The van der Waals surface area contributed by atoms with E-state index in [0.29, 0.717) is 11.4 Å². The van der Waals surface area contributed by atoms with E-state index in [-0.39, 0.29) is 11.5 Å². The maximum absolute atomic E-state index is 14.7. The lowest BCUT2D eigenvalue weighted by molar-refractivity contribution is 0.102. The number of amides is 1. The molecule has 1 amide bonds. The third-order valence-electron chi connectivity index (χ3n) is 5.97. The summed E-state index contributed by atoms with van der Waals surface area (Å²) < 4.78 is 16.2. The van der Waals surface area contributed by atoms with Crippen LogP contribution in [0.4, 0.5) is 10.1 Å². The van der Waals surface area contributed by atoms with Gasteiger partial charge >= 0.3 is 0 Å². The Kier molecular flexibility index (Phi) is 6.67. The molecule has 0 saturated carbocycles. The number of rotatable bonds is 6. The van der Waals surface area contributed by atoms with E-state index in [4.69, 9.17) is 0 Å². The molecule has 0 aliphatic carbocycles. The van der Waals surface area contributed by atoms with Crippen molar-refractivity contribution in [1.82, 2.24) is 19.6 Å². The number of anilines is 1. The lowest BCUT2D eigenvalue weighted by atomic mass is 10.1. The van der Waals surface area contributed by atoms with Crippen molar-refractivity contribution in [1.29, 1.82) is 0 Å². The van der Waals surface area contributed by atoms with Gasteiger partial charge in [0, 0.05) is 49.7 Å². The van der Waals surface area contributed by atoms with Gasteiger partial charge in [0.1, 0.15) is 11.5 Å². The topological polar surface area (TPSA) is 53.4 Å². The SMILES string of the molecule is Cc1cc(C)n(-c2ccc(C(=O)Nc3ccc(CCN4CCN(C)CC4)cc3)cc2F)n1. The second kappa shape index (κ2) is 9.63. The van der Waals surface area contributed by atoms with E-state index in [1.807, 2.05) is 44.2 Å². The molecular formula is C25H30FN5O. The first-order valence-electron chi connectivity index (χ1n) is 11.0. The molecule has 0 atom stereocenters. The minimum absolute atomic E-state index is 0.270. The van der Waals surface area contributed by atoms with Crippen molar-refractivity contribution < 1.29 is 9.18 Å². The predicted molar refractivity (Wildman–Crippen MR) is 125 cm³/mol. The molecule has 0 spiro atoms. The molecule has 168 valence electrons. The van der Waals surface area contributed by atoms with Gasteiger partial charge in [-0.25, -0.2) is 9.07 Å². The van der Waals surface area contributed by atoms with Crippen molar-refractivity contribution in [2.24, 2.45) is 0 Å².